The largest absolute Gasteiger partial charge is 0.372 e. The van der Waals surface area contributed by atoms with Crippen LogP contribution in [0.2, 0.25) is 0 Å². The molecular weight excluding hydrogens is 236 g/mol. The van der Waals surface area contributed by atoms with Crippen LogP contribution in [0.25, 0.3) is 0 Å². The summed E-state index contributed by atoms with van der Waals surface area (Å²) in [7, 11) is 2.01. The van der Waals surface area contributed by atoms with Gasteiger partial charge in [-0.2, -0.15) is 0 Å². The highest BCUT2D eigenvalue weighted by molar-refractivity contribution is 4.86. The summed E-state index contributed by atoms with van der Waals surface area (Å²) in [5.74, 6) is 0. The van der Waals surface area contributed by atoms with Crippen molar-refractivity contribution in [3.8, 4) is 0 Å². The Morgan fingerprint density at radius 1 is 1.11 bits per heavy atom. The number of likely N-dealkylation sites (tertiary alicyclic amines) is 1. The molecule has 0 saturated carbocycles. The second-order valence-corrected chi connectivity index (χ2v) is 6.52. The summed E-state index contributed by atoms with van der Waals surface area (Å²) in [6.45, 7) is 9.44. The highest BCUT2D eigenvalue weighted by Crippen LogP contribution is 2.38. The quantitative estimate of drug-likeness (QED) is 0.801. The number of nitrogens with zero attached hydrogens (tertiary/aromatic N) is 1. The Labute approximate surface area is 119 Å². The molecular formula is C16H32N2O. The summed E-state index contributed by atoms with van der Waals surface area (Å²) in [6.07, 6.45) is 8.87. The third-order valence-electron chi connectivity index (χ3n) is 5.51. The molecule has 0 aliphatic carbocycles. The normalized spacial score (nSPS) is 31.7. The van der Waals surface area contributed by atoms with Gasteiger partial charge in [0.15, 0.2) is 0 Å². The summed E-state index contributed by atoms with van der Waals surface area (Å²) < 4.78 is 6.11. The molecule has 0 bridgehead atoms. The smallest absolute Gasteiger partial charge is 0.0707 e. The van der Waals surface area contributed by atoms with Gasteiger partial charge < -0.3 is 15.0 Å². The minimum Gasteiger partial charge on any atom is -0.372 e. The molecule has 112 valence electrons. The maximum atomic E-state index is 6.11. The van der Waals surface area contributed by atoms with E-state index in [-0.39, 0.29) is 0 Å². The zero-order chi connectivity index (χ0) is 13.7. The highest BCUT2D eigenvalue weighted by Gasteiger charge is 2.33. The van der Waals surface area contributed by atoms with Gasteiger partial charge in [0, 0.05) is 13.1 Å². The molecule has 0 aromatic carbocycles. The van der Waals surface area contributed by atoms with Crippen LogP contribution >= 0.6 is 0 Å². The van der Waals surface area contributed by atoms with Gasteiger partial charge in [-0.3, -0.25) is 0 Å². The Morgan fingerprint density at radius 2 is 1.74 bits per heavy atom. The van der Waals surface area contributed by atoms with E-state index >= 15 is 0 Å². The third-order valence-corrected chi connectivity index (χ3v) is 5.51. The van der Waals surface area contributed by atoms with E-state index in [1.807, 2.05) is 7.05 Å². The second kappa shape index (κ2) is 7.05. The van der Waals surface area contributed by atoms with Crippen LogP contribution in [0, 0.1) is 5.41 Å². The summed E-state index contributed by atoms with van der Waals surface area (Å²) in [5.41, 5.74) is 0.641. The fourth-order valence-corrected chi connectivity index (χ4v) is 3.75. The maximum absolute atomic E-state index is 6.11. The summed E-state index contributed by atoms with van der Waals surface area (Å²) in [4.78, 5) is 2.63. The standard InChI is InChI=1S/C16H32N2O/c1-4-16(5-2)8-10-18(11-9-16)13-15-7-6-14(19-15)12-17-3/h14-15,17H,4-13H2,1-3H3. The van der Waals surface area contributed by atoms with Crippen molar-refractivity contribution < 1.29 is 4.74 Å². The van der Waals surface area contributed by atoms with E-state index in [0.29, 0.717) is 17.6 Å². The molecule has 2 rings (SSSR count). The second-order valence-electron chi connectivity index (χ2n) is 6.52. The van der Waals surface area contributed by atoms with Crippen LogP contribution in [0.15, 0.2) is 0 Å². The molecule has 2 atom stereocenters. The van der Waals surface area contributed by atoms with E-state index in [0.717, 1.165) is 13.1 Å². The zero-order valence-corrected chi connectivity index (χ0v) is 13.1. The first-order valence-corrected chi connectivity index (χ1v) is 8.24. The molecule has 3 nitrogen and oxygen atoms in total. The van der Waals surface area contributed by atoms with Crippen molar-refractivity contribution in [3.63, 3.8) is 0 Å². The lowest BCUT2D eigenvalue weighted by Crippen LogP contribution is -2.43. The van der Waals surface area contributed by atoms with E-state index in [1.54, 1.807) is 0 Å². The number of likely N-dealkylation sites (N-methyl/N-ethyl adjacent to an activating group) is 1. The number of piperidine rings is 1. The van der Waals surface area contributed by atoms with E-state index < -0.39 is 0 Å². The van der Waals surface area contributed by atoms with Crippen molar-refractivity contribution in [2.24, 2.45) is 5.41 Å². The van der Waals surface area contributed by atoms with Gasteiger partial charge in [0.25, 0.3) is 0 Å². The van der Waals surface area contributed by atoms with Crippen molar-refractivity contribution in [2.75, 3.05) is 33.2 Å². The van der Waals surface area contributed by atoms with Gasteiger partial charge in [-0.05, 0) is 51.2 Å². The topological polar surface area (TPSA) is 24.5 Å². The lowest BCUT2D eigenvalue weighted by molar-refractivity contribution is 0.00696. The van der Waals surface area contributed by atoms with Crippen molar-refractivity contribution in [1.82, 2.24) is 10.2 Å². The predicted molar refractivity (Wildman–Crippen MR) is 80.5 cm³/mol. The fourth-order valence-electron chi connectivity index (χ4n) is 3.75. The zero-order valence-electron chi connectivity index (χ0n) is 13.1. The van der Waals surface area contributed by atoms with Crippen LogP contribution in [0.3, 0.4) is 0 Å². The van der Waals surface area contributed by atoms with Crippen LogP contribution in [-0.4, -0.2) is 50.3 Å². The molecule has 2 saturated heterocycles. The molecule has 2 fully saturated rings. The molecule has 0 spiro atoms. The Morgan fingerprint density at radius 3 is 2.32 bits per heavy atom. The van der Waals surface area contributed by atoms with E-state index in [9.17, 15) is 0 Å². The molecule has 2 unspecified atom stereocenters. The van der Waals surface area contributed by atoms with Crippen molar-refractivity contribution in [3.05, 3.63) is 0 Å². The SMILES string of the molecule is CCC1(CC)CCN(CC2CCC(CNC)O2)CC1. The van der Waals surface area contributed by atoms with E-state index in [1.165, 1.54) is 51.6 Å². The molecule has 2 aliphatic rings. The minimum absolute atomic E-state index is 0.449. The predicted octanol–water partition coefficient (Wildman–Crippen LogP) is 2.66. The molecule has 2 heterocycles. The maximum Gasteiger partial charge on any atom is 0.0707 e. The van der Waals surface area contributed by atoms with Crippen molar-refractivity contribution in [1.29, 1.82) is 0 Å². The van der Waals surface area contributed by atoms with Crippen LogP contribution in [0.1, 0.15) is 52.4 Å². The molecule has 0 amide bonds. The molecule has 19 heavy (non-hydrogen) atoms. The van der Waals surface area contributed by atoms with Crippen molar-refractivity contribution >= 4 is 0 Å². The molecule has 0 aromatic rings. The monoisotopic (exact) mass is 268 g/mol. The average molecular weight is 268 g/mol. The molecule has 0 radical (unpaired) electrons. The lowest BCUT2D eigenvalue weighted by Gasteiger charge is -2.41. The van der Waals surface area contributed by atoms with Gasteiger partial charge in [-0.15, -0.1) is 0 Å². The number of hydrogen-bond acceptors (Lipinski definition) is 3. The first-order valence-electron chi connectivity index (χ1n) is 8.24. The minimum atomic E-state index is 0.449. The molecule has 3 heteroatoms. The van der Waals surface area contributed by atoms with E-state index in [2.05, 4.69) is 24.1 Å². The van der Waals surface area contributed by atoms with Crippen molar-refractivity contribution in [2.45, 2.75) is 64.6 Å². The van der Waals surface area contributed by atoms with Gasteiger partial charge in [-0.1, -0.05) is 26.7 Å². The van der Waals surface area contributed by atoms with Gasteiger partial charge in [-0.25, -0.2) is 0 Å². The third kappa shape index (κ3) is 3.93. The number of rotatable bonds is 6. The molecule has 0 aromatic heterocycles. The van der Waals surface area contributed by atoms with Gasteiger partial charge >= 0.3 is 0 Å². The number of hydrogen-bond donors (Lipinski definition) is 1. The van der Waals surface area contributed by atoms with Gasteiger partial charge in [0.1, 0.15) is 0 Å². The first kappa shape index (κ1) is 15.3. The summed E-state index contributed by atoms with van der Waals surface area (Å²) >= 11 is 0. The van der Waals surface area contributed by atoms with Gasteiger partial charge in [0.05, 0.1) is 12.2 Å². The van der Waals surface area contributed by atoms with Crippen LogP contribution in [0.5, 0.6) is 0 Å². The Hall–Kier alpha value is -0.120. The lowest BCUT2D eigenvalue weighted by atomic mass is 9.74. The summed E-state index contributed by atoms with van der Waals surface area (Å²) in [5, 5.41) is 3.22. The Bertz CT molecular complexity index is 255. The van der Waals surface area contributed by atoms with Crippen LogP contribution in [-0.2, 0) is 4.74 Å². The fraction of sp³-hybridized carbons (Fsp3) is 1.00. The van der Waals surface area contributed by atoms with E-state index in [4.69, 9.17) is 4.74 Å². The summed E-state index contributed by atoms with van der Waals surface area (Å²) in [6, 6.07) is 0. The number of nitrogens with one attached hydrogen (secondary N) is 1. The Balaban J connectivity index is 1.71. The molecule has 1 N–H and O–H groups in total. The first-order chi connectivity index (χ1) is 9.21. The Kier molecular flexibility index (Phi) is 5.67. The van der Waals surface area contributed by atoms with Gasteiger partial charge in [0.2, 0.25) is 0 Å². The van der Waals surface area contributed by atoms with Crippen LogP contribution < -0.4 is 5.32 Å². The average Bonchev–Trinajstić information content (AvgIpc) is 2.88. The van der Waals surface area contributed by atoms with Crippen LogP contribution in [0.4, 0.5) is 0 Å². The highest BCUT2D eigenvalue weighted by atomic mass is 16.5. The molecule has 2 aliphatic heterocycles. The number of ether oxygens (including phenoxy) is 1.